The van der Waals surface area contributed by atoms with Gasteiger partial charge in [0.1, 0.15) is 0 Å². The van der Waals surface area contributed by atoms with E-state index in [0.717, 1.165) is 0 Å². The molecule has 0 aliphatic heterocycles. The molecule has 0 N–H and O–H groups in total. The molecule has 0 heterocycles. The minimum atomic E-state index is -0.0159. The van der Waals surface area contributed by atoms with Gasteiger partial charge >= 0.3 is 0 Å². The molecule has 0 heteroatoms. The van der Waals surface area contributed by atoms with Gasteiger partial charge in [-0.2, -0.15) is 0 Å². The molecular formula is C19H12. The van der Waals surface area contributed by atoms with Crippen molar-refractivity contribution in [1.82, 2.24) is 0 Å². The fourth-order valence-electron chi connectivity index (χ4n) is 3.74. The van der Waals surface area contributed by atoms with Gasteiger partial charge in [0.2, 0.25) is 0 Å². The second kappa shape index (κ2) is 2.97. The zero-order valence-electron chi connectivity index (χ0n) is 10.4. The Morgan fingerprint density at radius 3 is 2.79 bits per heavy atom. The molecule has 0 bridgehead atoms. The van der Waals surface area contributed by atoms with Crippen molar-refractivity contribution in [2.45, 2.75) is 5.41 Å². The molecule has 3 aliphatic rings. The maximum Gasteiger partial charge on any atom is 0.0581 e. The molecule has 0 radical (unpaired) electrons. The van der Waals surface area contributed by atoms with E-state index in [1.807, 2.05) is 0 Å². The van der Waals surface area contributed by atoms with Gasteiger partial charge in [0.25, 0.3) is 0 Å². The van der Waals surface area contributed by atoms with Crippen molar-refractivity contribution in [3.05, 3.63) is 83.0 Å². The quantitative estimate of drug-likeness (QED) is 0.630. The first kappa shape index (κ1) is 9.57. The second-order valence-corrected chi connectivity index (χ2v) is 5.49. The van der Waals surface area contributed by atoms with E-state index < -0.39 is 0 Å². The molecule has 0 amide bonds. The Morgan fingerprint density at radius 1 is 0.789 bits per heavy atom. The van der Waals surface area contributed by atoms with Crippen molar-refractivity contribution < 1.29 is 0 Å². The Kier molecular flexibility index (Phi) is 1.50. The molecule has 0 saturated heterocycles. The summed E-state index contributed by atoms with van der Waals surface area (Å²) in [5, 5.41) is 2.76. The molecule has 0 saturated carbocycles. The molecule has 1 unspecified atom stereocenters. The van der Waals surface area contributed by atoms with Gasteiger partial charge in [-0.3, -0.25) is 0 Å². The molecular weight excluding hydrogens is 228 g/mol. The van der Waals surface area contributed by atoms with E-state index in [9.17, 15) is 0 Å². The smallest absolute Gasteiger partial charge is 0.0581 e. The molecule has 3 aliphatic carbocycles. The predicted octanol–water partition coefficient (Wildman–Crippen LogP) is 4.63. The number of rotatable bonds is 0. The molecule has 2 aromatic carbocycles. The van der Waals surface area contributed by atoms with Crippen LogP contribution in [0.25, 0.3) is 22.9 Å². The topological polar surface area (TPSA) is 0 Å². The summed E-state index contributed by atoms with van der Waals surface area (Å²) < 4.78 is 0. The van der Waals surface area contributed by atoms with E-state index in [1.165, 1.54) is 33.0 Å². The largest absolute Gasteiger partial charge is 0.0658 e. The number of benzene rings is 2. The van der Waals surface area contributed by atoms with Gasteiger partial charge in [0, 0.05) is 0 Å². The number of allylic oxidation sites excluding steroid dienone is 6. The lowest BCUT2D eigenvalue weighted by Crippen LogP contribution is -2.26. The normalized spacial score (nSPS) is 24.7. The second-order valence-electron chi connectivity index (χ2n) is 5.49. The van der Waals surface area contributed by atoms with Crippen LogP contribution in [0.2, 0.25) is 0 Å². The molecule has 0 aromatic heterocycles. The van der Waals surface area contributed by atoms with E-state index in [0.29, 0.717) is 0 Å². The Bertz CT molecular complexity index is 859. The third-order valence-corrected chi connectivity index (χ3v) is 4.60. The fraction of sp³-hybridized carbons (Fsp3) is 0.0526. The van der Waals surface area contributed by atoms with Crippen LogP contribution in [0.5, 0.6) is 0 Å². The third kappa shape index (κ3) is 0.978. The Hall–Kier alpha value is -2.34. The summed E-state index contributed by atoms with van der Waals surface area (Å²) in [6, 6.07) is 11.1. The van der Waals surface area contributed by atoms with Gasteiger partial charge < -0.3 is 0 Å². The van der Waals surface area contributed by atoms with E-state index >= 15 is 0 Å². The SMILES string of the molecule is C1=CC23C=Cc4cccc5ccc(c2c45)C=CC3=C1. The van der Waals surface area contributed by atoms with Crippen molar-refractivity contribution in [3.63, 3.8) is 0 Å². The van der Waals surface area contributed by atoms with E-state index in [-0.39, 0.29) is 5.41 Å². The lowest BCUT2D eigenvalue weighted by Gasteiger charge is -2.36. The van der Waals surface area contributed by atoms with E-state index in [1.54, 1.807) is 0 Å². The Morgan fingerprint density at radius 2 is 1.79 bits per heavy atom. The molecule has 5 rings (SSSR count). The highest BCUT2D eigenvalue weighted by Gasteiger charge is 2.39. The molecule has 2 aromatic rings. The van der Waals surface area contributed by atoms with Crippen LogP contribution in [0.15, 0.2) is 66.3 Å². The monoisotopic (exact) mass is 240 g/mol. The van der Waals surface area contributed by atoms with Crippen LogP contribution in [0, 0.1) is 0 Å². The predicted molar refractivity (Wildman–Crippen MR) is 80.9 cm³/mol. The zero-order chi connectivity index (χ0) is 12.4. The summed E-state index contributed by atoms with van der Waals surface area (Å²) in [6.07, 6.45) is 15.9. The summed E-state index contributed by atoms with van der Waals surface area (Å²) >= 11 is 0. The molecule has 0 fully saturated rings. The van der Waals surface area contributed by atoms with E-state index in [4.69, 9.17) is 0 Å². The highest BCUT2D eigenvalue weighted by molar-refractivity contribution is 6.01. The fourth-order valence-corrected chi connectivity index (χ4v) is 3.74. The van der Waals surface area contributed by atoms with Crippen molar-refractivity contribution in [2.24, 2.45) is 0 Å². The standard InChI is InChI=1S/C19H12/c1-3-13-6-7-15-8-9-16-5-2-11-19(16)12-10-14(4-1)17(13)18(15)19/h1-12H. The van der Waals surface area contributed by atoms with Crippen molar-refractivity contribution in [3.8, 4) is 0 Å². The Balaban J connectivity index is 2.08. The van der Waals surface area contributed by atoms with Crippen LogP contribution in [-0.4, -0.2) is 0 Å². The van der Waals surface area contributed by atoms with Gasteiger partial charge in [0.15, 0.2) is 0 Å². The number of hydrogen-bond donors (Lipinski definition) is 0. The number of hydrogen-bond acceptors (Lipinski definition) is 0. The summed E-state index contributed by atoms with van der Waals surface area (Å²) in [7, 11) is 0. The van der Waals surface area contributed by atoms with Crippen LogP contribution in [0.1, 0.15) is 16.7 Å². The zero-order valence-corrected chi connectivity index (χ0v) is 10.4. The summed E-state index contributed by atoms with van der Waals surface area (Å²) in [5.74, 6) is 0. The lowest BCUT2D eigenvalue weighted by molar-refractivity contribution is 0.830. The van der Waals surface area contributed by atoms with Crippen molar-refractivity contribution in [2.75, 3.05) is 0 Å². The highest BCUT2D eigenvalue weighted by atomic mass is 14.4. The summed E-state index contributed by atoms with van der Waals surface area (Å²) in [5.41, 5.74) is 5.53. The highest BCUT2D eigenvalue weighted by Crippen LogP contribution is 2.50. The average molecular weight is 240 g/mol. The van der Waals surface area contributed by atoms with Crippen LogP contribution in [0.4, 0.5) is 0 Å². The minimum Gasteiger partial charge on any atom is -0.0658 e. The minimum absolute atomic E-state index is 0.0159. The van der Waals surface area contributed by atoms with Crippen LogP contribution >= 0.6 is 0 Å². The maximum atomic E-state index is 2.35. The average Bonchev–Trinajstić information content (AvgIpc) is 2.88. The molecule has 1 spiro atoms. The van der Waals surface area contributed by atoms with Gasteiger partial charge in [0.05, 0.1) is 5.41 Å². The summed E-state index contributed by atoms with van der Waals surface area (Å²) in [4.78, 5) is 0. The molecule has 0 nitrogen and oxygen atoms in total. The van der Waals surface area contributed by atoms with Crippen LogP contribution in [0.3, 0.4) is 0 Å². The molecule has 1 atom stereocenters. The van der Waals surface area contributed by atoms with Gasteiger partial charge in [-0.05, 0) is 33.0 Å². The first-order chi connectivity index (χ1) is 9.38. The van der Waals surface area contributed by atoms with Crippen LogP contribution in [-0.2, 0) is 5.41 Å². The Labute approximate surface area is 112 Å². The van der Waals surface area contributed by atoms with Gasteiger partial charge in [-0.15, -0.1) is 0 Å². The first-order valence-corrected chi connectivity index (χ1v) is 6.72. The third-order valence-electron chi connectivity index (χ3n) is 4.60. The van der Waals surface area contributed by atoms with Crippen LogP contribution < -0.4 is 0 Å². The van der Waals surface area contributed by atoms with Crippen molar-refractivity contribution in [1.29, 1.82) is 0 Å². The van der Waals surface area contributed by atoms with E-state index in [2.05, 4.69) is 72.9 Å². The molecule has 19 heavy (non-hydrogen) atoms. The first-order valence-electron chi connectivity index (χ1n) is 6.72. The van der Waals surface area contributed by atoms with Gasteiger partial charge in [-0.25, -0.2) is 0 Å². The summed E-state index contributed by atoms with van der Waals surface area (Å²) in [6.45, 7) is 0. The lowest BCUT2D eigenvalue weighted by atomic mass is 9.66. The maximum absolute atomic E-state index is 2.35. The molecule has 88 valence electrons. The van der Waals surface area contributed by atoms with Crippen molar-refractivity contribution >= 4 is 22.9 Å². The van der Waals surface area contributed by atoms with Gasteiger partial charge in [-0.1, -0.05) is 72.9 Å².